The Morgan fingerprint density at radius 1 is 1.11 bits per heavy atom. The summed E-state index contributed by atoms with van der Waals surface area (Å²) in [6, 6.07) is 17.1. The Labute approximate surface area is 210 Å². The number of para-hydroxylation sites is 1. The van der Waals surface area contributed by atoms with Crippen LogP contribution in [0.4, 0.5) is 5.82 Å². The second-order valence-electron chi connectivity index (χ2n) is 9.49. The van der Waals surface area contributed by atoms with Gasteiger partial charge in [0.05, 0.1) is 6.04 Å². The fraction of sp³-hybridized carbons (Fsp3) is 0.321. The number of rotatable bonds is 5. The Morgan fingerprint density at radius 2 is 1.81 bits per heavy atom. The number of carbonyl (C=O) groups excluding carboxylic acids is 2. The molecule has 1 aliphatic heterocycles. The van der Waals surface area contributed by atoms with E-state index in [9.17, 15) is 9.59 Å². The van der Waals surface area contributed by atoms with Crippen molar-refractivity contribution < 1.29 is 14.3 Å². The lowest BCUT2D eigenvalue weighted by Crippen LogP contribution is -2.42. The maximum atomic E-state index is 12.8. The Bertz CT molecular complexity index is 1350. The van der Waals surface area contributed by atoms with E-state index in [1.807, 2.05) is 59.5 Å². The minimum atomic E-state index is -0.275. The summed E-state index contributed by atoms with van der Waals surface area (Å²) in [6.07, 6.45) is 2.66. The van der Waals surface area contributed by atoms with Crippen molar-refractivity contribution in [3.05, 3.63) is 60.2 Å². The van der Waals surface area contributed by atoms with E-state index >= 15 is 0 Å². The van der Waals surface area contributed by atoms with Crippen molar-refractivity contribution in [1.82, 2.24) is 20.0 Å². The molecule has 184 valence electrons. The van der Waals surface area contributed by atoms with E-state index in [1.165, 1.54) is 0 Å². The third kappa shape index (κ3) is 4.29. The lowest BCUT2D eigenvalue weighted by Gasteiger charge is -2.45. The summed E-state index contributed by atoms with van der Waals surface area (Å²) in [4.78, 5) is 26.8. The molecule has 8 heteroatoms. The average molecular weight is 484 g/mol. The number of nitrogen functional groups attached to an aromatic ring is 1. The highest BCUT2D eigenvalue weighted by molar-refractivity contribution is 6.04. The van der Waals surface area contributed by atoms with Crippen molar-refractivity contribution in [2.45, 2.75) is 32.2 Å². The zero-order valence-corrected chi connectivity index (χ0v) is 20.5. The maximum absolute atomic E-state index is 12.8. The Balaban J connectivity index is 1.37. The van der Waals surface area contributed by atoms with Crippen LogP contribution in [0.1, 0.15) is 42.6 Å². The molecule has 1 saturated carbocycles. The van der Waals surface area contributed by atoms with Crippen molar-refractivity contribution in [2.24, 2.45) is 5.41 Å². The first-order valence-corrected chi connectivity index (χ1v) is 12.1. The SMILES string of the molecule is CC#CC(=O)N1CCC2(CC(n3nc(-c4ccc(Oc5ccccc5)cc4)c(C(=O)NC)c3N)C2)C1. The third-order valence-electron chi connectivity index (χ3n) is 7.15. The molecule has 2 heterocycles. The molecule has 0 bridgehead atoms. The van der Waals surface area contributed by atoms with Gasteiger partial charge in [0.15, 0.2) is 0 Å². The molecule has 2 fully saturated rings. The van der Waals surface area contributed by atoms with Crippen molar-refractivity contribution in [1.29, 1.82) is 0 Å². The van der Waals surface area contributed by atoms with Gasteiger partial charge in [0, 0.05) is 25.7 Å². The Morgan fingerprint density at radius 3 is 2.47 bits per heavy atom. The predicted molar refractivity (Wildman–Crippen MR) is 137 cm³/mol. The van der Waals surface area contributed by atoms with Crippen molar-refractivity contribution >= 4 is 17.6 Å². The van der Waals surface area contributed by atoms with Crippen LogP contribution in [0.5, 0.6) is 11.5 Å². The number of nitrogens with zero attached hydrogens (tertiary/aromatic N) is 3. The van der Waals surface area contributed by atoms with Gasteiger partial charge in [-0.2, -0.15) is 5.10 Å². The molecular formula is C28H29N5O3. The van der Waals surface area contributed by atoms with E-state index < -0.39 is 0 Å². The van der Waals surface area contributed by atoms with Gasteiger partial charge >= 0.3 is 0 Å². The number of amides is 2. The molecule has 1 saturated heterocycles. The van der Waals surface area contributed by atoms with E-state index in [0.717, 1.165) is 37.1 Å². The van der Waals surface area contributed by atoms with Crippen molar-refractivity contribution in [3.63, 3.8) is 0 Å². The molecule has 36 heavy (non-hydrogen) atoms. The number of hydrogen-bond acceptors (Lipinski definition) is 5. The lowest BCUT2D eigenvalue weighted by molar-refractivity contribution is -0.125. The molecule has 2 aliphatic rings. The number of benzene rings is 2. The lowest BCUT2D eigenvalue weighted by atomic mass is 9.65. The molecule has 1 aromatic heterocycles. The maximum Gasteiger partial charge on any atom is 0.298 e. The standard InChI is InChI=1S/C28H29N5O3/c1-3-7-23(34)32-15-14-28(18-32)16-20(17-28)33-26(29)24(27(35)30-2)25(31-33)19-10-12-22(13-11-19)36-21-8-5-4-6-9-21/h4-6,8-13,20H,14-18,29H2,1-2H3,(H,30,35). The molecule has 0 unspecified atom stereocenters. The van der Waals surface area contributed by atoms with Crippen LogP contribution in [0.15, 0.2) is 54.6 Å². The third-order valence-corrected chi connectivity index (χ3v) is 7.15. The molecule has 3 aromatic rings. The van der Waals surface area contributed by atoms with Gasteiger partial charge in [-0.1, -0.05) is 24.1 Å². The normalized spacial score (nSPS) is 20.4. The van der Waals surface area contributed by atoms with Gasteiger partial charge in [0.1, 0.15) is 28.6 Å². The number of nitrogens with one attached hydrogen (secondary N) is 1. The topological polar surface area (TPSA) is 102 Å². The summed E-state index contributed by atoms with van der Waals surface area (Å²) in [5.41, 5.74) is 8.26. The van der Waals surface area contributed by atoms with E-state index in [1.54, 1.807) is 18.7 Å². The zero-order valence-electron chi connectivity index (χ0n) is 20.5. The monoisotopic (exact) mass is 483 g/mol. The van der Waals surface area contributed by atoms with Gasteiger partial charge in [-0.3, -0.25) is 9.59 Å². The number of anilines is 1. The molecule has 1 aliphatic carbocycles. The minimum absolute atomic E-state index is 0.0674. The van der Waals surface area contributed by atoms with Gasteiger partial charge in [-0.05, 0) is 73.9 Å². The summed E-state index contributed by atoms with van der Waals surface area (Å²) in [7, 11) is 1.58. The van der Waals surface area contributed by atoms with Gasteiger partial charge in [0.2, 0.25) is 0 Å². The van der Waals surface area contributed by atoms with Crippen molar-refractivity contribution in [2.75, 3.05) is 25.9 Å². The van der Waals surface area contributed by atoms with E-state index in [0.29, 0.717) is 29.4 Å². The fourth-order valence-corrected chi connectivity index (χ4v) is 5.32. The number of carbonyl (C=O) groups is 2. The fourth-order valence-electron chi connectivity index (χ4n) is 5.32. The molecule has 0 atom stereocenters. The summed E-state index contributed by atoms with van der Waals surface area (Å²) in [5.74, 6) is 6.73. The summed E-state index contributed by atoms with van der Waals surface area (Å²) >= 11 is 0. The van der Waals surface area contributed by atoms with Crippen LogP contribution in [0.2, 0.25) is 0 Å². The second-order valence-corrected chi connectivity index (χ2v) is 9.49. The first-order valence-electron chi connectivity index (χ1n) is 12.1. The van der Waals surface area contributed by atoms with E-state index in [4.69, 9.17) is 15.6 Å². The quantitative estimate of drug-likeness (QED) is 0.537. The number of nitrogens with two attached hydrogens (primary N) is 1. The molecule has 2 amide bonds. The molecular weight excluding hydrogens is 454 g/mol. The average Bonchev–Trinajstić information content (AvgIpc) is 3.46. The van der Waals surface area contributed by atoms with E-state index in [-0.39, 0.29) is 23.3 Å². The van der Waals surface area contributed by atoms with Gasteiger partial charge in [0.25, 0.3) is 11.8 Å². The molecule has 5 rings (SSSR count). The summed E-state index contributed by atoms with van der Waals surface area (Å²) in [6.45, 7) is 3.10. The molecule has 3 N–H and O–H groups in total. The Kier molecular flexibility index (Phi) is 6.15. The van der Waals surface area contributed by atoms with Crippen LogP contribution < -0.4 is 15.8 Å². The smallest absolute Gasteiger partial charge is 0.298 e. The van der Waals surface area contributed by atoms with Crippen LogP contribution in [-0.2, 0) is 4.79 Å². The number of hydrogen-bond donors (Lipinski definition) is 2. The first kappa shape index (κ1) is 23.5. The van der Waals surface area contributed by atoms with Crippen LogP contribution in [0.25, 0.3) is 11.3 Å². The van der Waals surface area contributed by atoms with Crippen molar-refractivity contribution in [3.8, 4) is 34.6 Å². The number of ether oxygens (including phenoxy) is 1. The highest BCUT2D eigenvalue weighted by atomic mass is 16.5. The minimum Gasteiger partial charge on any atom is -0.457 e. The number of likely N-dealkylation sites (tertiary alicyclic amines) is 1. The molecule has 8 nitrogen and oxygen atoms in total. The molecule has 1 spiro atoms. The number of aromatic nitrogens is 2. The molecule has 2 aromatic carbocycles. The van der Waals surface area contributed by atoms with Gasteiger partial charge in [-0.25, -0.2) is 4.68 Å². The predicted octanol–water partition coefficient (Wildman–Crippen LogP) is 3.86. The van der Waals surface area contributed by atoms with Gasteiger partial charge < -0.3 is 20.7 Å². The van der Waals surface area contributed by atoms with E-state index in [2.05, 4.69) is 17.2 Å². The highest BCUT2D eigenvalue weighted by Crippen LogP contribution is 2.54. The largest absolute Gasteiger partial charge is 0.457 e. The van der Waals surface area contributed by atoms with Crippen LogP contribution in [0.3, 0.4) is 0 Å². The first-order chi connectivity index (χ1) is 17.4. The summed E-state index contributed by atoms with van der Waals surface area (Å²) in [5, 5.41) is 7.50. The summed E-state index contributed by atoms with van der Waals surface area (Å²) < 4.78 is 7.68. The Hall–Kier alpha value is -4.25. The van der Waals surface area contributed by atoms with Crippen LogP contribution in [-0.4, -0.2) is 46.6 Å². The highest BCUT2D eigenvalue weighted by Gasteiger charge is 2.51. The zero-order chi connectivity index (χ0) is 25.3. The van der Waals surface area contributed by atoms with Crippen LogP contribution in [0, 0.1) is 17.3 Å². The second kappa shape index (κ2) is 9.42. The van der Waals surface area contributed by atoms with Crippen LogP contribution >= 0.6 is 0 Å². The molecule has 0 radical (unpaired) electrons. The van der Waals surface area contributed by atoms with Gasteiger partial charge in [-0.15, -0.1) is 0 Å².